The summed E-state index contributed by atoms with van der Waals surface area (Å²) >= 11 is 1.11. The Balaban J connectivity index is 2.24. The molecular formula is C14H16F2N2OS. The number of aliphatic hydroxyl groups is 1. The molecule has 0 aliphatic heterocycles. The number of aliphatic hydroxyl groups excluding tert-OH is 1. The summed E-state index contributed by atoms with van der Waals surface area (Å²) in [7, 11) is 0. The number of aromatic nitrogens is 2. The summed E-state index contributed by atoms with van der Waals surface area (Å²) in [5.74, 6) is -1.30. The second-order valence-electron chi connectivity index (χ2n) is 5.73. The molecule has 2 rings (SSSR count). The first kappa shape index (κ1) is 15.0. The first-order valence-corrected chi connectivity index (χ1v) is 7.00. The summed E-state index contributed by atoms with van der Waals surface area (Å²) in [4.78, 5) is 0.641. The van der Waals surface area contributed by atoms with E-state index in [0.717, 1.165) is 17.6 Å². The number of halogens is 2. The topological polar surface area (TPSA) is 46.0 Å². The van der Waals surface area contributed by atoms with Crippen molar-refractivity contribution in [1.82, 2.24) is 9.59 Å². The molecule has 0 spiro atoms. The van der Waals surface area contributed by atoms with E-state index in [1.54, 1.807) is 0 Å². The summed E-state index contributed by atoms with van der Waals surface area (Å²) in [6.07, 6.45) is -0.743. The first-order valence-electron chi connectivity index (χ1n) is 6.23. The minimum absolute atomic E-state index is 0.127. The molecule has 3 nitrogen and oxygen atoms in total. The van der Waals surface area contributed by atoms with Gasteiger partial charge >= 0.3 is 0 Å². The molecule has 1 N–H and O–H groups in total. The largest absolute Gasteiger partial charge is 0.387 e. The van der Waals surface area contributed by atoms with Crippen LogP contribution in [0.3, 0.4) is 0 Å². The van der Waals surface area contributed by atoms with Crippen LogP contribution in [0.2, 0.25) is 0 Å². The van der Waals surface area contributed by atoms with Crippen LogP contribution >= 0.6 is 11.5 Å². The molecule has 1 atom stereocenters. The van der Waals surface area contributed by atoms with Crippen LogP contribution in [0.25, 0.3) is 0 Å². The van der Waals surface area contributed by atoms with Crippen molar-refractivity contribution in [2.45, 2.75) is 38.7 Å². The summed E-state index contributed by atoms with van der Waals surface area (Å²) in [6, 6.07) is 3.25. The van der Waals surface area contributed by atoms with E-state index < -0.39 is 17.7 Å². The number of hydrogen-bond acceptors (Lipinski definition) is 4. The molecule has 1 unspecified atom stereocenters. The molecule has 1 aromatic carbocycles. The van der Waals surface area contributed by atoms with E-state index in [0.29, 0.717) is 16.1 Å². The number of hydrogen-bond donors (Lipinski definition) is 1. The van der Waals surface area contributed by atoms with Crippen molar-refractivity contribution in [1.29, 1.82) is 0 Å². The van der Waals surface area contributed by atoms with Crippen molar-refractivity contribution >= 4 is 11.5 Å². The average molecular weight is 298 g/mol. The molecule has 1 aromatic heterocycles. The molecule has 0 aliphatic rings. The average Bonchev–Trinajstić information content (AvgIpc) is 2.75. The molecule has 0 saturated heterocycles. The van der Waals surface area contributed by atoms with Crippen LogP contribution in [0.4, 0.5) is 8.78 Å². The zero-order valence-electron chi connectivity index (χ0n) is 11.5. The van der Waals surface area contributed by atoms with Gasteiger partial charge in [0.15, 0.2) is 0 Å². The van der Waals surface area contributed by atoms with E-state index in [1.807, 2.05) is 20.8 Å². The molecule has 0 radical (unpaired) electrons. The Labute approximate surface area is 120 Å². The van der Waals surface area contributed by atoms with Crippen LogP contribution < -0.4 is 0 Å². The van der Waals surface area contributed by atoms with Gasteiger partial charge in [0.05, 0.1) is 16.7 Å². The Morgan fingerprint density at radius 1 is 1.20 bits per heavy atom. The maximum absolute atomic E-state index is 13.1. The summed E-state index contributed by atoms with van der Waals surface area (Å²) in [6.45, 7) is 5.92. The van der Waals surface area contributed by atoms with E-state index in [1.165, 1.54) is 12.1 Å². The van der Waals surface area contributed by atoms with Crippen LogP contribution in [0, 0.1) is 11.6 Å². The van der Waals surface area contributed by atoms with Crippen molar-refractivity contribution in [3.63, 3.8) is 0 Å². The molecule has 0 saturated carbocycles. The standard InChI is InChI=1S/C14H16F2N2OS/c1-14(2,3)13-12(20-18-17-13)11(19)6-8-4-9(15)7-10(16)5-8/h4-5,7,11,19H,6H2,1-3H3. The maximum atomic E-state index is 13.1. The fraction of sp³-hybridized carbons (Fsp3) is 0.429. The van der Waals surface area contributed by atoms with Crippen molar-refractivity contribution in [2.75, 3.05) is 0 Å². The highest BCUT2D eigenvalue weighted by Gasteiger charge is 2.26. The molecular weight excluding hydrogens is 282 g/mol. The zero-order chi connectivity index (χ0) is 14.9. The quantitative estimate of drug-likeness (QED) is 0.944. The molecule has 1 heterocycles. The van der Waals surface area contributed by atoms with E-state index in [-0.39, 0.29) is 11.8 Å². The van der Waals surface area contributed by atoms with Crippen LogP contribution in [0.5, 0.6) is 0 Å². The molecule has 20 heavy (non-hydrogen) atoms. The predicted molar refractivity (Wildman–Crippen MR) is 73.6 cm³/mol. The Bertz CT molecular complexity index is 587. The lowest BCUT2D eigenvalue weighted by Gasteiger charge is -2.19. The number of benzene rings is 1. The zero-order valence-corrected chi connectivity index (χ0v) is 12.3. The molecule has 2 aromatic rings. The van der Waals surface area contributed by atoms with Crippen LogP contribution in [-0.4, -0.2) is 14.7 Å². The van der Waals surface area contributed by atoms with Crippen molar-refractivity contribution in [3.05, 3.63) is 46.0 Å². The summed E-state index contributed by atoms with van der Waals surface area (Å²) < 4.78 is 30.2. The normalized spacial score (nSPS) is 13.5. The summed E-state index contributed by atoms with van der Waals surface area (Å²) in [5, 5.41) is 14.3. The minimum atomic E-state index is -0.870. The van der Waals surface area contributed by atoms with Gasteiger partial charge in [-0.05, 0) is 29.2 Å². The first-order chi connectivity index (χ1) is 9.27. The van der Waals surface area contributed by atoms with E-state index >= 15 is 0 Å². The van der Waals surface area contributed by atoms with Gasteiger partial charge in [-0.25, -0.2) is 8.78 Å². The van der Waals surface area contributed by atoms with E-state index in [9.17, 15) is 13.9 Å². The monoisotopic (exact) mass is 298 g/mol. The second kappa shape index (κ2) is 5.54. The SMILES string of the molecule is CC(C)(C)c1nnsc1C(O)Cc1cc(F)cc(F)c1. The molecule has 0 amide bonds. The van der Waals surface area contributed by atoms with Crippen molar-refractivity contribution in [2.24, 2.45) is 0 Å². The van der Waals surface area contributed by atoms with E-state index in [2.05, 4.69) is 9.59 Å². The Kier molecular flexibility index (Phi) is 4.15. The highest BCUT2D eigenvalue weighted by atomic mass is 32.1. The predicted octanol–water partition coefficient (Wildman–Crippen LogP) is 3.39. The van der Waals surface area contributed by atoms with Crippen LogP contribution in [0.15, 0.2) is 18.2 Å². The lowest BCUT2D eigenvalue weighted by Crippen LogP contribution is -2.16. The van der Waals surface area contributed by atoms with Crippen LogP contribution in [0.1, 0.15) is 43.0 Å². The van der Waals surface area contributed by atoms with Gasteiger partial charge in [-0.2, -0.15) is 0 Å². The lowest BCUT2D eigenvalue weighted by molar-refractivity contribution is 0.179. The molecule has 0 aliphatic carbocycles. The van der Waals surface area contributed by atoms with Gasteiger partial charge in [-0.3, -0.25) is 0 Å². The molecule has 0 bridgehead atoms. The molecule has 108 valence electrons. The third kappa shape index (κ3) is 3.37. The van der Waals surface area contributed by atoms with Gasteiger partial charge in [0, 0.05) is 17.9 Å². The lowest BCUT2D eigenvalue weighted by atomic mass is 9.89. The molecule has 0 fully saturated rings. The van der Waals surface area contributed by atoms with Crippen LogP contribution in [-0.2, 0) is 11.8 Å². The third-order valence-electron chi connectivity index (χ3n) is 2.88. The fourth-order valence-corrected chi connectivity index (χ4v) is 2.83. The van der Waals surface area contributed by atoms with Gasteiger partial charge in [0.1, 0.15) is 11.6 Å². The fourth-order valence-electron chi connectivity index (χ4n) is 1.98. The highest BCUT2D eigenvalue weighted by Crippen LogP contribution is 2.32. The van der Waals surface area contributed by atoms with Gasteiger partial charge in [-0.15, -0.1) is 5.10 Å². The Morgan fingerprint density at radius 2 is 1.80 bits per heavy atom. The minimum Gasteiger partial charge on any atom is -0.387 e. The maximum Gasteiger partial charge on any atom is 0.126 e. The Hall–Kier alpha value is -1.40. The second-order valence-corrected chi connectivity index (χ2v) is 6.52. The Morgan fingerprint density at radius 3 is 2.35 bits per heavy atom. The number of rotatable bonds is 3. The van der Waals surface area contributed by atoms with Gasteiger partial charge in [0.25, 0.3) is 0 Å². The highest BCUT2D eigenvalue weighted by molar-refractivity contribution is 7.05. The molecule has 6 heteroatoms. The van der Waals surface area contributed by atoms with Gasteiger partial charge < -0.3 is 5.11 Å². The number of nitrogens with zero attached hydrogens (tertiary/aromatic N) is 2. The van der Waals surface area contributed by atoms with E-state index in [4.69, 9.17) is 0 Å². The van der Waals surface area contributed by atoms with Crippen molar-refractivity contribution in [3.8, 4) is 0 Å². The summed E-state index contributed by atoms with van der Waals surface area (Å²) in [5.41, 5.74) is 0.881. The smallest absolute Gasteiger partial charge is 0.126 e. The van der Waals surface area contributed by atoms with Gasteiger partial charge in [-0.1, -0.05) is 25.3 Å². The van der Waals surface area contributed by atoms with Crippen molar-refractivity contribution < 1.29 is 13.9 Å². The third-order valence-corrected chi connectivity index (χ3v) is 3.70. The van der Waals surface area contributed by atoms with Gasteiger partial charge in [0.2, 0.25) is 0 Å².